The van der Waals surface area contributed by atoms with Crippen molar-refractivity contribution in [3.63, 3.8) is 0 Å². The molecule has 2 N–H and O–H groups in total. The molecule has 1 fully saturated rings. The van der Waals surface area contributed by atoms with Gasteiger partial charge in [-0.2, -0.15) is 0 Å². The van der Waals surface area contributed by atoms with E-state index in [1.165, 1.54) is 31.9 Å². The highest BCUT2D eigenvalue weighted by Gasteiger charge is 2.41. The third kappa shape index (κ3) is 6.08. The minimum Gasteiger partial charge on any atom is -0.511 e. The molecule has 0 aromatic rings. The Balaban J connectivity index is 1.49. The number of ether oxygens (including phenoxy) is 2. The van der Waals surface area contributed by atoms with Gasteiger partial charge in [-0.1, -0.05) is 40.0 Å². The molecule has 0 aromatic carbocycles. The van der Waals surface area contributed by atoms with E-state index in [1.54, 1.807) is 0 Å². The number of nitrogens with zero attached hydrogens (tertiary/aromatic N) is 3. The van der Waals surface area contributed by atoms with Crippen LogP contribution in [0.15, 0.2) is 106 Å². The van der Waals surface area contributed by atoms with Crippen LogP contribution in [0.2, 0.25) is 0 Å². The Morgan fingerprint density at radius 2 is 1.68 bits per heavy atom. The number of hydrogen-bond donors (Lipinski definition) is 2. The van der Waals surface area contributed by atoms with E-state index < -0.39 is 0 Å². The third-order valence-corrected chi connectivity index (χ3v) is 10.5. The number of nitrogens with one attached hydrogen (secondary N) is 1. The zero-order chi connectivity index (χ0) is 33.4. The molecule has 5 aliphatic heterocycles. The van der Waals surface area contributed by atoms with E-state index in [-0.39, 0.29) is 17.8 Å². The Morgan fingerprint density at radius 1 is 0.957 bits per heavy atom. The summed E-state index contributed by atoms with van der Waals surface area (Å²) in [5.74, 6) is 0.214. The second-order valence-electron chi connectivity index (χ2n) is 13.3. The van der Waals surface area contributed by atoms with Crippen LogP contribution < -0.4 is 5.32 Å². The number of carbonyl (C=O) groups is 1. The molecule has 8 nitrogen and oxygen atoms in total. The number of aliphatic imine (C=N–C) groups is 3. The second-order valence-corrected chi connectivity index (χ2v) is 13.3. The molecule has 2 atom stereocenters. The van der Waals surface area contributed by atoms with Crippen LogP contribution in [0.3, 0.4) is 0 Å². The Kier molecular flexibility index (Phi) is 9.51. The van der Waals surface area contributed by atoms with Crippen molar-refractivity contribution < 1.29 is 19.4 Å². The molecule has 8 heteroatoms. The van der Waals surface area contributed by atoms with E-state index in [0.29, 0.717) is 31.6 Å². The van der Waals surface area contributed by atoms with Crippen LogP contribution in [-0.4, -0.2) is 48.5 Å². The fourth-order valence-electron chi connectivity index (χ4n) is 7.52. The zero-order valence-corrected chi connectivity index (χ0v) is 29.0. The number of hydrogen-bond acceptors (Lipinski definition) is 8. The summed E-state index contributed by atoms with van der Waals surface area (Å²) in [5, 5.41) is 15.0. The van der Waals surface area contributed by atoms with Crippen LogP contribution in [0.25, 0.3) is 0 Å². The molecule has 5 heterocycles. The molecule has 1 aliphatic carbocycles. The van der Waals surface area contributed by atoms with Gasteiger partial charge in [0, 0.05) is 59.4 Å². The molecule has 0 unspecified atom stereocenters. The summed E-state index contributed by atoms with van der Waals surface area (Å²) >= 11 is 0. The lowest BCUT2D eigenvalue weighted by atomic mass is 9.86. The third-order valence-electron chi connectivity index (χ3n) is 10.5. The largest absolute Gasteiger partial charge is 0.511 e. The van der Waals surface area contributed by atoms with Gasteiger partial charge in [-0.3, -0.25) is 4.79 Å². The number of fused-ring (bicyclic) bond motifs is 5. The standard InChI is InChI=1S/C39H48N4O4/c1-8-10-11-12-15-47-20-28-23(5)29-17-31-22(4)26(13-14-36(45)46-7)38(42-31)27-16-35(44)37-24(6)32(43-39(27)37)19-33-25(9-2)21(3)30(40-33)18-34(28)41-29/h17-19,22,26,42,44H,8-16,20H2,1-7H3/t22-,26-/m0/s1. The van der Waals surface area contributed by atoms with Gasteiger partial charge in [-0.05, 0) is 80.6 Å². The molecule has 1 saturated heterocycles. The number of aliphatic hydroxyl groups excluding tert-OH is 1. The van der Waals surface area contributed by atoms with Crippen molar-refractivity contribution in [1.29, 1.82) is 0 Å². The first-order valence-electron chi connectivity index (χ1n) is 17.3. The fraction of sp³-hybridized carbons (Fsp3) is 0.487. The van der Waals surface area contributed by atoms with Crippen LogP contribution in [0.5, 0.6) is 0 Å². The summed E-state index contributed by atoms with van der Waals surface area (Å²) < 4.78 is 11.3. The molecule has 0 saturated carbocycles. The minimum atomic E-state index is -0.227. The van der Waals surface area contributed by atoms with Gasteiger partial charge in [0.25, 0.3) is 0 Å². The van der Waals surface area contributed by atoms with Crippen LogP contribution in [-0.2, 0) is 14.3 Å². The lowest BCUT2D eigenvalue weighted by molar-refractivity contribution is -0.140. The summed E-state index contributed by atoms with van der Waals surface area (Å²) in [4.78, 5) is 27.8. The van der Waals surface area contributed by atoms with Gasteiger partial charge >= 0.3 is 5.97 Å². The highest BCUT2D eigenvalue weighted by atomic mass is 16.5. The Bertz CT molecular complexity index is 1750. The molecule has 47 heavy (non-hydrogen) atoms. The quantitative estimate of drug-likeness (QED) is 0.176. The summed E-state index contributed by atoms with van der Waals surface area (Å²) in [6.45, 7) is 14.1. The van der Waals surface area contributed by atoms with Crippen LogP contribution in [0, 0.1) is 11.8 Å². The highest BCUT2D eigenvalue weighted by Crippen LogP contribution is 2.46. The number of esters is 1. The van der Waals surface area contributed by atoms with E-state index in [4.69, 9.17) is 24.5 Å². The van der Waals surface area contributed by atoms with Crippen molar-refractivity contribution in [2.75, 3.05) is 20.3 Å². The van der Waals surface area contributed by atoms with Crippen molar-refractivity contribution in [2.24, 2.45) is 26.8 Å². The lowest BCUT2D eigenvalue weighted by Crippen LogP contribution is -2.16. The van der Waals surface area contributed by atoms with Crippen molar-refractivity contribution in [2.45, 2.75) is 92.9 Å². The molecule has 0 spiro atoms. The predicted octanol–water partition coefficient (Wildman–Crippen LogP) is 8.21. The van der Waals surface area contributed by atoms with Gasteiger partial charge < -0.3 is 19.9 Å². The summed E-state index contributed by atoms with van der Waals surface area (Å²) in [6, 6.07) is 0. The number of methoxy groups -OCH3 is 1. The number of allylic oxidation sites excluding steroid dienone is 11. The average molecular weight is 637 g/mol. The smallest absolute Gasteiger partial charge is 0.305 e. The molecule has 0 radical (unpaired) electrons. The second kappa shape index (κ2) is 13.6. The topological polar surface area (TPSA) is 105 Å². The molecule has 0 aromatic heterocycles. The van der Waals surface area contributed by atoms with Gasteiger partial charge in [0.2, 0.25) is 0 Å². The van der Waals surface area contributed by atoms with Gasteiger partial charge in [0.15, 0.2) is 0 Å². The van der Waals surface area contributed by atoms with Crippen molar-refractivity contribution in [3.8, 4) is 0 Å². The summed E-state index contributed by atoms with van der Waals surface area (Å²) in [6.07, 6.45) is 13.2. The maximum Gasteiger partial charge on any atom is 0.305 e. The predicted molar refractivity (Wildman–Crippen MR) is 188 cm³/mol. The van der Waals surface area contributed by atoms with Gasteiger partial charge in [0.1, 0.15) is 5.76 Å². The first-order valence-corrected chi connectivity index (χ1v) is 17.3. The maximum atomic E-state index is 12.3. The maximum absolute atomic E-state index is 12.3. The average Bonchev–Trinajstić information content (AvgIpc) is 3.80. The van der Waals surface area contributed by atoms with Gasteiger partial charge in [-0.25, -0.2) is 15.0 Å². The monoisotopic (exact) mass is 636 g/mol. The highest BCUT2D eigenvalue weighted by molar-refractivity contribution is 6.21. The normalized spacial score (nSPS) is 23.4. The van der Waals surface area contributed by atoms with Crippen LogP contribution in [0.1, 0.15) is 92.9 Å². The van der Waals surface area contributed by atoms with Crippen molar-refractivity contribution in [1.82, 2.24) is 5.32 Å². The molecule has 0 amide bonds. The first kappa shape index (κ1) is 32.9. The Morgan fingerprint density at radius 3 is 2.40 bits per heavy atom. The van der Waals surface area contributed by atoms with Crippen LogP contribution in [0.4, 0.5) is 0 Å². The first-order chi connectivity index (χ1) is 22.7. The van der Waals surface area contributed by atoms with E-state index in [0.717, 1.165) is 98.5 Å². The lowest BCUT2D eigenvalue weighted by Gasteiger charge is -2.17. The molecule has 6 rings (SSSR count). The van der Waals surface area contributed by atoms with E-state index in [2.05, 4.69) is 58.2 Å². The Labute approximate surface area is 278 Å². The fourth-order valence-corrected chi connectivity index (χ4v) is 7.52. The molecule has 8 bridgehead atoms. The van der Waals surface area contributed by atoms with Gasteiger partial charge in [-0.15, -0.1) is 0 Å². The minimum absolute atomic E-state index is 0.0228. The Hall–Kier alpha value is -4.04. The van der Waals surface area contributed by atoms with E-state index in [1.807, 2.05) is 6.92 Å². The van der Waals surface area contributed by atoms with E-state index in [9.17, 15) is 9.90 Å². The van der Waals surface area contributed by atoms with Crippen molar-refractivity contribution >= 4 is 23.1 Å². The summed E-state index contributed by atoms with van der Waals surface area (Å²) in [5.41, 5.74) is 14.6. The number of carbonyl (C=O) groups excluding carboxylic acids is 1. The molecule has 248 valence electrons. The van der Waals surface area contributed by atoms with Crippen LogP contribution >= 0.6 is 0 Å². The zero-order valence-electron chi connectivity index (χ0n) is 29.0. The molecule has 6 aliphatic rings. The number of unbranched alkanes of at least 4 members (excludes halogenated alkanes) is 3. The molecular formula is C39H48N4O4. The molecular weight excluding hydrogens is 588 g/mol. The number of aliphatic hydroxyl groups is 1. The van der Waals surface area contributed by atoms with E-state index >= 15 is 0 Å². The SMILES string of the molecule is CCCCCCOCC1=C(C)C2=NC1=CC1=NC(=CC3=C(C)C4=C(O)CC(=C5NC(=C2)[C@@H](C)[C@@H]5CCC(=O)OC)C4=N3)C(CC)=C1C. The number of rotatable bonds is 11. The summed E-state index contributed by atoms with van der Waals surface area (Å²) in [7, 11) is 1.43. The van der Waals surface area contributed by atoms with Crippen molar-refractivity contribution in [3.05, 3.63) is 91.5 Å². The van der Waals surface area contributed by atoms with Gasteiger partial charge in [0.05, 0.1) is 47.9 Å².